The molecule has 1 aromatic heterocycles. The van der Waals surface area contributed by atoms with E-state index in [2.05, 4.69) is 5.43 Å². The van der Waals surface area contributed by atoms with Gasteiger partial charge in [0.1, 0.15) is 5.82 Å². The number of hydrogen-bond acceptors (Lipinski definition) is 5. The number of nitrogen functional groups attached to an aromatic ring is 1. The maximum Gasteiger partial charge on any atom is 0.332 e. The smallest absolute Gasteiger partial charge is 0.332 e. The van der Waals surface area contributed by atoms with Crippen LogP contribution in [0.3, 0.4) is 0 Å². The van der Waals surface area contributed by atoms with Gasteiger partial charge in [0.2, 0.25) is 0 Å². The number of hydrazine groups is 1. The SMILES string of the molecule is NNc1cc(=O)n(CCO)c(=O)n1CC1CC1. The third kappa shape index (κ3) is 2.40. The number of aliphatic hydroxyl groups is 1. The van der Waals surface area contributed by atoms with Crippen LogP contribution in [-0.4, -0.2) is 20.8 Å². The molecule has 4 N–H and O–H groups in total. The molecule has 0 radical (unpaired) electrons. The van der Waals surface area contributed by atoms with Crippen LogP contribution in [0.4, 0.5) is 5.82 Å². The maximum absolute atomic E-state index is 12.0. The number of nitrogens with two attached hydrogens (primary N) is 1. The van der Waals surface area contributed by atoms with Gasteiger partial charge < -0.3 is 10.5 Å². The zero-order valence-corrected chi connectivity index (χ0v) is 9.43. The predicted octanol–water partition coefficient (Wildman–Crippen LogP) is -1.30. The number of rotatable bonds is 5. The van der Waals surface area contributed by atoms with Crippen molar-refractivity contribution in [1.82, 2.24) is 9.13 Å². The molecule has 0 amide bonds. The van der Waals surface area contributed by atoms with Gasteiger partial charge in [0, 0.05) is 12.6 Å². The van der Waals surface area contributed by atoms with Crippen LogP contribution in [0.5, 0.6) is 0 Å². The summed E-state index contributed by atoms with van der Waals surface area (Å²) in [4.78, 5) is 23.6. The van der Waals surface area contributed by atoms with Crippen LogP contribution in [0, 0.1) is 5.92 Å². The lowest BCUT2D eigenvalue weighted by Gasteiger charge is -2.13. The van der Waals surface area contributed by atoms with Crippen LogP contribution in [-0.2, 0) is 13.1 Å². The number of anilines is 1. The molecule has 94 valence electrons. The van der Waals surface area contributed by atoms with Crippen molar-refractivity contribution in [3.63, 3.8) is 0 Å². The average molecular weight is 240 g/mol. The molecular weight excluding hydrogens is 224 g/mol. The van der Waals surface area contributed by atoms with E-state index in [0.29, 0.717) is 18.3 Å². The molecule has 0 unspecified atom stereocenters. The minimum absolute atomic E-state index is 0.00713. The first-order valence-electron chi connectivity index (χ1n) is 5.59. The summed E-state index contributed by atoms with van der Waals surface area (Å²) in [5.41, 5.74) is 1.49. The molecule has 0 aromatic carbocycles. The topological polar surface area (TPSA) is 102 Å². The highest BCUT2D eigenvalue weighted by atomic mass is 16.3. The molecule has 0 spiro atoms. The van der Waals surface area contributed by atoms with Crippen molar-refractivity contribution in [2.24, 2.45) is 11.8 Å². The Bertz CT molecular complexity index is 515. The highest BCUT2D eigenvalue weighted by Gasteiger charge is 2.24. The third-order valence-corrected chi connectivity index (χ3v) is 2.89. The summed E-state index contributed by atoms with van der Waals surface area (Å²) in [6, 6.07) is 1.28. The Morgan fingerprint density at radius 1 is 1.41 bits per heavy atom. The van der Waals surface area contributed by atoms with Crippen molar-refractivity contribution in [1.29, 1.82) is 0 Å². The molecule has 0 aliphatic heterocycles. The van der Waals surface area contributed by atoms with Crippen molar-refractivity contribution in [3.8, 4) is 0 Å². The van der Waals surface area contributed by atoms with Gasteiger partial charge in [0.25, 0.3) is 5.56 Å². The molecule has 0 bridgehead atoms. The van der Waals surface area contributed by atoms with Gasteiger partial charge in [0.05, 0.1) is 13.2 Å². The number of aliphatic hydroxyl groups excluding tert-OH is 1. The van der Waals surface area contributed by atoms with Crippen molar-refractivity contribution in [3.05, 3.63) is 26.9 Å². The van der Waals surface area contributed by atoms with E-state index in [9.17, 15) is 9.59 Å². The fourth-order valence-corrected chi connectivity index (χ4v) is 1.78. The van der Waals surface area contributed by atoms with Gasteiger partial charge in [0.15, 0.2) is 0 Å². The summed E-state index contributed by atoms with van der Waals surface area (Å²) in [5, 5.41) is 8.83. The van der Waals surface area contributed by atoms with Crippen LogP contribution in [0.15, 0.2) is 15.7 Å². The Hall–Kier alpha value is -1.60. The molecule has 0 saturated heterocycles. The molecule has 17 heavy (non-hydrogen) atoms. The van der Waals surface area contributed by atoms with Crippen LogP contribution in [0.2, 0.25) is 0 Å². The van der Waals surface area contributed by atoms with E-state index in [-0.39, 0.29) is 13.2 Å². The normalized spacial score (nSPS) is 14.9. The fourth-order valence-electron chi connectivity index (χ4n) is 1.78. The van der Waals surface area contributed by atoms with Crippen molar-refractivity contribution in [2.75, 3.05) is 12.0 Å². The summed E-state index contributed by atoms with van der Waals surface area (Å²) >= 11 is 0. The Kier molecular flexibility index (Phi) is 3.30. The Morgan fingerprint density at radius 2 is 2.12 bits per heavy atom. The zero-order valence-electron chi connectivity index (χ0n) is 9.43. The fraction of sp³-hybridized carbons (Fsp3) is 0.600. The molecule has 1 fully saturated rings. The molecule has 1 heterocycles. The van der Waals surface area contributed by atoms with Crippen LogP contribution in [0.1, 0.15) is 12.8 Å². The summed E-state index contributed by atoms with van der Waals surface area (Å²) in [7, 11) is 0. The molecule has 0 atom stereocenters. The maximum atomic E-state index is 12.0. The highest BCUT2D eigenvalue weighted by molar-refractivity contribution is 5.32. The summed E-state index contributed by atoms with van der Waals surface area (Å²) in [6.07, 6.45) is 2.19. The number of nitrogens with zero attached hydrogens (tertiary/aromatic N) is 2. The molecule has 1 aliphatic rings. The third-order valence-electron chi connectivity index (χ3n) is 2.89. The quantitative estimate of drug-likeness (QED) is 0.438. The van der Waals surface area contributed by atoms with Crippen molar-refractivity contribution >= 4 is 5.82 Å². The molecule has 7 heteroatoms. The van der Waals surface area contributed by atoms with E-state index in [4.69, 9.17) is 10.9 Å². The number of nitrogens with one attached hydrogen (secondary N) is 1. The standard InChI is InChI=1S/C10H16N4O3/c11-12-8-5-9(16)13(3-4-15)10(17)14(8)6-7-1-2-7/h5,7,12,15H,1-4,6,11H2. The van der Waals surface area contributed by atoms with Crippen LogP contribution in [0.25, 0.3) is 0 Å². The van der Waals surface area contributed by atoms with Gasteiger partial charge in [-0.2, -0.15) is 0 Å². The van der Waals surface area contributed by atoms with Crippen molar-refractivity contribution < 1.29 is 5.11 Å². The van der Waals surface area contributed by atoms with E-state index in [1.54, 1.807) is 0 Å². The lowest BCUT2D eigenvalue weighted by Crippen LogP contribution is -2.42. The van der Waals surface area contributed by atoms with E-state index in [0.717, 1.165) is 17.4 Å². The van der Waals surface area contributed by atoms with E-state index < -0.39 is 11.2 Å². The minimum atomic E-state index is -0.455. The second-order valence-corrected chi connectivity index (χ2v) is 4.22. The summed E-state index contributed by atoms with van der Waals surface area (Å²) < 4.78 is 2.47. The Morgan fingerprint density at radius 3 is 2.65 bits per heavy atom. The first-order chi connectivity index (χ1) is 8.17. The van der Waals surface area contributed by atoms with Gasteiger partial charge in [-0.05, 0) is 18.8 Å². The van der Waals surface area contributed by atoms with Gasteiger partial charge in [-0.15, -0.1) is 0 Å². The average Bonchev–Trinajstić information content (AvgIpc) is 3.11. The monoisotopic (exact) mass is 240 g/mol. The first-order valence-corrected chi connectivity index (χ1v) is 5.59. The largest absolute Gasteiger partial charge is 0.395 e. The molecule has 1 aromatic rings. The van der Waals surface area contributed by atoms with Crippen LogP contribution < -0.4 is 22.5 Å². The minimum Gasteiger partial charge on any atom is -0.395 e. The summed E-state index contributed by atoms with van der Waals surface area (Å²) in [5.74, 6) is 6.11. The molecular formula is C10H16N4O3. The van der Waals surface area contributed by atoms with Crippen molar-refractivity contribution in [2.45, 2.75) is 25.9 Å². The zero-order chi connectivity index (χ0) is 12.4. The van der Waals surface area contributed by atoms with Gasteiger partial charge in [-0.25, -0.2) is 10.6 Å². The van der Waals surface area contributed by atoms with E-state index in [1.165, 1.54) is 10.6 Å². The molecule has 1 saturated carbocycles. The molecule has 2 rings (SSSR count). The second-order valence-electron chi connectivity index (χ2n) is 4.22. The first kappa shape index (κ1) is 11.9. The molecule has 1 aliphatic carbocycles. The number of aromatic nitrogens is 2. The summed E-state index contributed by atoms with van der Waals surface area (Å²) in [6.45, 7) is 0.325. The Balaban J connectivity index is 2.48. The highest BCUT2D eigenvalue weighted by Crippen LogP contribution is 2.30. The predicted molar refractivity (Wildman–Crippen MR) is 62.6 cm³/mol. The van der Waals surface area contributed by atoms with Gasteiger partial charge in [-0.3, -0.25) is 13.9 Å². The lowest BCUT2D eigenvalue weighted by molar-refractivity contribution is 0.269. The van der Waals surface area contributed by atoms with Gasteiger partial charge >= 0.3 is 5.69 Å². The van der Waals surface area contributed by atoms with E-state index >= 15 is 0 Å². The second kappa shape index (κ2) is 4.72. The number of hydrogen-bond donors (Lipinski definition) is 3. The Labute approximate surface area is 97.5 Å². The van der Waals surface area contributed by atoms with E-state index in [1.807, 2.05) is 0 Å². The lowest BCUT2D eigenvalue weighted by atomic mass is 10.4. The van der Waals surface area contributed by atoms with Gasteiger partial charge in [-0.1, -0.05) is 0 Å². The van der Waals surface area contributed by atoms with Crippen LogP contribution >= 0.6 is 0 Å². The molecule has 7 nitrogen and oxygen atoms in total.